The zero-order valence-corrected chi connectivity index (χ0v) is 10.0. The van der Waals surface area contributed by atoms with E-state index in [4.69, 9.17) is 5.11 Å². The van der Waals surface area contributed by atoms with Gasteiger partial charge in [-0.3, -0.25) is 4.79 Å². The summed E-state index contributed by atoms with van der Waals surface area (Å²) >= 11 is 0. The summed E-state index contributed by atoms with van der Waals surface area (Å²) in [6, 6.07) is 4.08. The van der Waals surface area contributed by atoms with E-state index in [9.17, 15) is 14.7 Å². The van der Waals surface area contributed by atoms with Crippen LogP contribution in [0, 0.1) is 0 Å². The number of nitrogens with one attached hydrogen (secondary N) is 1. The van der Waals surface area contributed by atoms with E-state index in [0.717, 1.165) is 0 Å². The summed E-state index contributed by atoms with van der Waals surface area (Å²) in [5, 5.41) is 21.0. The second kappa shape index (κ2) is 6.44. The molecule has 0 aliphatic rings. The van der Waals surface area contributed by atoms with E-state index in [1.54, 1.807) is 12.2 Å². The number of phenols is 1. The fourth-order valence-electron chi connectivity index (χ4n) is 1.36. The Kier molecular flexibility index (Phi) is 4.92. The Balaban J connectivity index is 2.65. The summed E-state index contributed by atoms with van der Waals surface area (Å²) in [6.07, 6.45) is 4.00. The van der Waals surface area contributed by atoms with Crippen molar-refractivity contribution in [2.45, 2.75) is 13.3 Å². The zero-order valence-electron chi connectivity index (χ0n) is 10.0. The number of benzene rings is 1. The lowest BCUT2D eigenvalue weighted by atomic mass is 10.1. The molecule has 0 saturated carbocycles. The van der Waals surface area contributed by atoms with Crippen LogP contribution >= 0.6 is 0 Å². The first-order valence-corrected chi connectivity index (χ1v) is 5.48. The number of aromatic carboxylic acids is 1. The molecule has 1 aromatic rings. The van der Waals surface area contributed by atoms with Crippen molar-refractivity contribution in [3.63, 3.8) is 0 Å². The fraction of sp³-hybridized carbons (Fsp3) is 0.231. The minimum atomic E-state index is -1.04. The number of carbonyl (C=O) groups is 2. The Morgan fingerprint density at radius 3 is 2.72 bits per heavy atom. The summed E-state index contributed by atoms with van der Waals surface area (Å²) in [4.78, 5) is 21.4. The number of phenolic OH excluding ortho intramolecular Hbond substituents is 1. The highest BCUT2D eigenvalue weighted by molar-refractivity contribution is 5.88. The molecule has 0 saturated heterocycles. The van der Waals surface area contributed by atoms with E-state index in [1.807, 2.05) is 0 Å². The standard InChI is InChI=1S/C13H15NO4/c1-9(15)14-7-3-2-4-10-8-11(13(17)18)5-6-12(10)16/h2,4-6,8,16H,3,7H2,1H3,(H,14,15)(H,17,18). The molecule has 96 valence electrons. The molecule has 1 aromatic carbocycles. The highest BCUT2D eigenvalue weighted by atomic mass is 16.4. The van der Waals surface area contributed by atoms with Crippen molar-refractivity contribution < 1.29 is 19.8 Å². The third kappa shape index (κ3) is 4.29. The van der Waals surface area contributed by atoms with Crippen molar-refractivity contribution in [3.05, 3.63) is 35.4 Å². The van der Waals surface area contributed by atoms with Crippen molar-refractivity contribution >= 4 is 18.0 Å². The molecular weight excluding hydrogens is 234 g/mol. The Bertz CT molecular complexity index is 480. The number of carbonyl (C=O) groups excluding carboxylic acids is 1. The molecule has 0 heterocycles. The maximum atomic E-state index is 10.8. The Hall–Kier alpha value is -2.30. The third-order valence-electron chi connectivity index (χ3n) is 2.26. The topological polar surface area (TPSA) is 86.6 Å². The number of carboxylic acids is 1. The van der Waals surface area contributed by atoms with Gasteiger partial charge in [0.05, 0.1) is 5.56 Å². The molecule has 5 heteroatoms. The maximum Gasteiger partial charge on any atom is 0.335 e. The Labute approximate surface area is 105 Å². The van der Waals surface area contributed by atoms with E-state index < -0.39 is 5.97 Å². The number of amides is 1. The molecule has 0 unspecified atom stereocenters. The molecule has 0 spiro atoms. The first kappa shape index (κ1) is 13.8. The number of hydrogen-bond donors (Lipinski definition) is 3. The quantitative estimate of drug-likeness (QED) is 0.692. The average Bonchev–Trinajstić information content (AvgIpc) is 2.30. The molecule has 0 atom stereocenters. The molecule has 1 rings (SSSR count). The molecule has 18 heavy (non-hydrogen) atoms. The number of rotatable bonds is 5. The van der Waals surface area contributed by atoms with Crippen molar-refractivity contribution in [2.75, 3.05) is 6.54 Å². The molecule has 5 nitrogen and oxygen atoms in total. The van der Waals surface area contributed by atoms with E-state index in [2.05, 4.69) is 5.32 Å². The van der Waals surface area contributed by atoms with Gasteiger partial charge in [-0.25, -0.2) is 4.79 Å². The van der Waals surface area contributed by atoms with Crippen LogP contribution in [-0.4, -0.2) is 28.6 Å². The molecule has 1 amide bonds. The minimum Gasteiger partial charge on any atom is -0.507 e. The van der Waals surface area contributed by atoms with E-state index in [1.165, 1.54) is 25.1 Å². The summed E-state index contributed by atoms with van der Waals surface area (Å²) < 4.78 is 0. The summed E-state index contributed by atoms with van der Waals surface area (Å²) in [6.45, 7) is 1.94. The van der Waals surface area contributed by atoms with Crippen LogP contribution < -0.4 is 5.32 Å². The van der Waals surface area contributed by atoms with Crippen LogP contribution in [0.5, 0.6) is 5.75 Å². The predicted octanol–water partition coefficient (Wildman–Crippen LogP) is 1.63. The van der Waals surface area contributed by atoms with E-state index in [0.29, 0.717) is 18.5 Å². The van der Waals surface area contributed by atoms with Crippen molar-refractivity contribution in [3.8, 4) is 5.75 Å². The van der Waals surface area contributed by atoms with Crippen LogP contribution in [0.25, 0.3) is 6.08 Å². The average molecular weight is 249 g/mol. The van der Waals surface area contributed by atoms with Gasteiger partial charge in [-0.2, -0.15) is 0 Å². The summed E-state index contributed by atoms with van der Waals surface area (Å²) in [7, 11) is 0. The van der Waals surface area contributed by atoms with E-state index >= 15 is 0 Å². The van der Waals surface area contributed by atoms with Gasteiger partial charge in [0.15, 0.2) is 0 Å². The lowest BCUT2D eigenvalue weighted by Crippen LogP contribution is -2.20. The van der Waals surface area contributed by atoms with E-state index in [-0.39, 0.29) is 17.2 Å². The molecule has 0 radical (unpaired) electrons. The molecule has 0 fully saturated rings. The van der Waals surface area contributed by atoms with Gasteiger partial charge in [-0.05, 0) is 24.6 Å². The van der Waals surface area contributed by atoms with Gasteiger partial charge in [0.25, 0.3) is 0 Å². The molecule has 0 aliphatic carbocycles. The fourth-order valence-corrected chi connectivity index (χ4v) is 1.36. The summed E-state index contributed by atoms with van der Waals surface area (Å²) in [5.41, 5.74) is 0.562. The molecule has 0 aromatic heterocycles. The smallest absolute Gasteiger partial charge is 0.335 e. The zero-order chi connectivity index (χ0) is 13.5. The normalized spacial score (nSPS) is 10.5. The first-order valence-electron chi connectivity index (χ1n) is 5.48. The predicted molar refractivity (Wildman–Crippen MR) is 67.4 cm³/mol. The van der Waals surface area contributed by atoms with Crippen LogP contribution in [0.1, 0.15) is 29.3 Å². The van der Waals surface area contributed by atoms with Crippen molar-refractivity contribution in [1.82, 2.24) is 5.32 Å². The largest absolute Gasteiger partial charge is 0.507 e. The number of aromatic hydroxyl groups is 1. The molecule has 3 N–H and O–H groups in total. The van der Waals surface area contributed by atoms with Crippen LogP contribution in [0.15, 0.2) is 24.3 Å². The van der Waals surface area contributed by atoms with Gasteiger partial charge in [-0.15, -0.1) is 0 Å². The number of carboxylic acid groups (broad SMARTS) is 1. The van der Waals surface area contributed by atoms with Gasteiger partial charge in [-0.1, -0.05) is 12.2 Å². The lowest BCUT2D eigenvalue weighted by Gasteiger charge is -2.01. The molecular formula is C13H15NO4. The molecule has 0 bridgehead atoms. The maximum absolute atomic E-state index is 10.8. The Morgan fingerprint density at radius 1 is 1.39 bits per heavy atom. The highest BCUT2D eigenvalue weighted by Gasteiger charge is 2.05. The monoisotopic (exact) mass is 249 g/mol. The second-order valence-electron chi connectivity index (χ2n) is 3.75. The van der Waals surface area contributed by atoms with Crippen LogP contribution in [-0.2, 0) is 4.79 Å². The SMILES string of the molecule is CC(=O)NCCC=Cc1cc(C(=O)O)ccc1O. The van der Waals surface area contributed by atoms with Gasteiger partial charge < -0.3 is 15.5 Å². The second-order valence-corrected chi connectivity index (χ2v) is 3.75. The van der Waals surface area contributed by atoms with Crippen LogP contribution in [0.2, 0.25) is 0 Å². The minimum absolute atomic E-state index is 0.0239. The van der Waals surface area contributed by atoms with Gasteiger partial charge in [0, 0.05) is 19.0 Å². The van der Waals surface area contributed by atoms with Gasteiger partial charge in [0.2, 0.25) is 5.91 Å². The van der Waals surface area contributed by atoms with Crippen molar-refractivity contribution in [2.24, 2.45) is 0 Å². The van der Waals surface area contributed by atoms with Gasteiger partial charge >= 0.3 is 5.97 Å². The third-order valence-corrected chi connectivity index (χ3v) is 2.26. The van der Waals surface area contributed by atoms with Gasteiger partial charge in [0.1, 0.15) is 5.75 Å². The number of hydrogen-bond acceptors (Lipinski definition) is 3. The Morgan fingerprint density at radius 2 is 2.11 bits per heavy atom. The summed E-state index contributed by atoms with van der Waals surface area (Å²) in [5.74, 6) is -1.11. The van der Waals surface area contributed by atoms with Crippen LogP contribution in [0.3, 0.4) is 0 Å². The lowest BCUT2D eigenvalue weighted by molar-refractivity contribution is -0.118. The first-order chi connectivity index (χ1) is 8.50. The highest BCUT2D eigenvalue weighted by Crippen LogP contribution is 2.20. The van der Waals surface area contributed by atoms with Crippen LogP contribution in [0.4, 0.5) is 0 Å². The molecule has 0 aliphatic heterocycles. The van der Waals surface area contributed by atoms with Crippen molar-refractivity contribution in [1.29, 1.82) is 0 Å².